The Hall–Kier alpha value is -0.380. The highest BCUT2D eigenvalue weighted by Crippen LogP contribution is 2.25. The molecule has 0 radical (unpaired) electrons. The van der Waals surface area contributed by atoms with E-state index in [1.54, 1.807) is 6.92 Å². The minimum atomic E-state index is -4.18. The van der Waals surface area contributed by atoms with Gasteiger partial charge in [0.15, 0.2) is 0 Å². The van der Waals surface area contributed by atoms with E-state index in [0.717, 1.165) is 0 Å². The number of rotatable bonds is 5. The van der Waals surface area contributed by atoms with Crippen molar-refractivity contribution >= 4 is 10.0 Å². The molecule has 2 atom stereocenters. The van der Waals surface area contributed by atoms with Crippen LogP contribution in [0, 0.1) is 5.92 Å². The summed E-state index contributed by atoms with van der Waals surface area (Å²) >= 11 is 0. The molecule has 0 saturated carbocycles. The number of sulfonamides is 1. The fourth-order valence-electron chi connectivity index (χ4n) is 3.07. The molecule has 22 heavy (non-hydrogen) atoms. The van der Waals surface area contributed by atoms with Gasteiger partial charge in [0, 0.05) is 12.6 Å². The molecule has 0 aromatic heterocycles. The van der Waals surface area contributed by atoms with Gasteiger partial charge in [-0.1, -0.05) is 0 Å². The Balaban J connectivity index is 1.81. The normalized spacial score (nSPS) is 27.2. The van der Waals surface area contributed by atoms with Crippen LogP contribution in [0.1, 0.15) is 26.2 Å². The zero-order chi connectivity index (χ0) is 16.4. The smallest absolute Gasteiger partial charge is 0.380 e. The third kappa shape index (κ3) is 5.07. The first-order valence-electron chi connectivity index (χ1n) is 7.55. The van der Waals surface area contributed by atoms with E-state index < -0.39 is 28.0 Å². The summed E-state index contributed by atoms with van der Waals surface area (Å²) in [5.41, 5.74) is 0. The van der Waals surface area contributed by atoms with Gasteiger partial charge in [-0.3, -0.25) is 4.90 Å². The number of nitrogens with one attached hydrogen (secondary N) is 1. The van der Waals surface area contributed by atoms with Crippen molar-refractivity contribution in [3.63, 3.8) is 0 Å². The summed E-state index contributed by atoms with van der Waals surface area (Å²) in [6.07, 6.45) is -2.55. The minimum Gasteiger partial charge on any atom is -0.380 e. The summed E-state index contributed by atoms with van der Waals surface area (Å²) in [5, 5.41) is -0.514. The summed E-state index contributed by atoms with van der Waals surface area (Å²) < 4.78 is 69.2. The summed E-state index contributed by atoms with van der Waals surface area (Å²) in [5.74, 6) is 0.0709. The summed E-state index contributed by atoms with van der Waals surface area (Å²) in [6.45, 7) is 2.27. The van der Waals surface area contributed by atoms with E-state index in [-0.39, 0.29) is 18.6 Å². The van der Waals surface area contributed by atoms with E-state index in [1.165, 1.54) is 4.90 Å². The molecular weight excluding hydrogens is 321 g/mol. The minimum absolute atomic E-state index is 0.0709. The third-order valence-corrected chi connectivity index (χ3v) is 6.37. The van der Waals surface area contributed by atoms with Gasteiger partial charge in [-0.15, -0.1) is 0 Å². The third-order valence-electron chi connectivity index (χ3n) is 4.42. The molecule has 0 aliphatic carbocycles. The second kappa shape index (κ2) is 7.02. The van der Waals surface area contributed by atoms with Crippen LogP contribution in [-0.4, -0.2) is 63.6 Å². The molecule has 0 aromatic carbocycles. The van der Waals surface area contributed by atoms with E-state index in [1.807, 2.05) is 0 Å². The molecule has 9 heteroatoms. The number of piperidine rings is 1. The number of nitrogens with zero attached hydrogens (tertiary/aromatic N) is 1. The van der Waals surface area contributed by atoms with Gasteiger partial charge in [0.05, 0.1) is 13.2 Å². The van der Waals surface area contributed by atoms with Crippen molar-refractivity contribution in [2.24, 2.45) is 5.92 Å². The number of alkyl halides is 3. The van der Waals surface area contributed by atoms with Crippen LogP contribution in [-0.2, 0) is 14.8 Å². The van der Waals surface area contributed by atoms with Gasteiger partial charge in [-0.05, 0) is 45.2 Å². The lowest BCUT2D eigenvalue weighted by Gasteiger charge is -2.35. The van der Waals surface area contributed by atoms with Gasteiger partial charge >= 0.3 is 6.18 Å². The maximum absolute atomic E-state index is 12.3. The monoisotopic (exact) mass is 344 g/mol. The van der Waals surface area contributed by atoms with Crippen LogP contribution < -0.4 is 4.72 Å². The predicted molar refractivity (Wildman–Crippen MR) is 76.0 cm³/mol. The molecule has 5 nitrogen and oxygen atoms in total. The second-order valence-electron chi connectivity index (χ2n) is 6.17. The highest BCUT2D eigenvalue weighted by Gasteiger charge is 2.35. The Morgan fingerprint density at radius 2 is 1.91 bits per heavy atom. The number of ether oxygens (including phenoxy) is 1. The zero-order valence-corrected chi connectivity index (χ0v) is 13.4. The van der Waals surface area contributed by atoms with Gasteiger partial charge in [0.1, 0.15) is 5.25 Å². The summed E-state index contributed by atoms with van der Waals surface area (Å²) in [7, 11) is -3.42. The topological polar surface area (TPSA) is 58.6 Å². The maximum Gasteiger partial charge on any atom is 0.401 e. The van der Waals surface area contributed by atoms with Gasteiger partial charge in [-0.2, -0.15) is 13.2 Å². The Kier molecular flexibility index (Phi) is 5.73. The van der Waals surface area contributed by atoms with Crippen molar-refractivity contribution in [1.82, 2.24) is 9.62 Å². The quantitative estimate of drug-likeness (QED) is 0.818. The molecule has 0 aromatic rings. The van der Waals surface area contributed by atoms with Crippen LogP contribution in [0.4, 0.5) is 13.2 Å². The van der Waals surface area contributed by atoms with E-state index in [0.29, 0.717) is 39.0 Å². The Morgan fingerprint density at radius 1 is 1.27 bits per heavy atom. The van der Waals surface area contributed by atoms with E-state index >= 15 is 0 Å². The average molecular weight is 344 g/mol. The summed E-state index contributed by atoms with van der Waals surface area (Å²) in [4.78, 5) is 1.38. The molecule has 0 amide bonds. The first-order chi connectivity index (χ1) is 10.2. The van der Waals surface area contributed by atoms with Crippen LogP contribution in [0.25, 0.3) is 0 Å². The van der Waals surface area contributed by atoms with E-state index in [9.17, 15) is 21.6 Å². The molecule has 0 unspecified atom stereocenters. The Bertz CT molecular complexity index is 456. The number of hydrogen-bond donors (Lipinski definition) is 1. The Labute approximate surface area is 129 Å². The molecule has 2 aliphatic heterocycles. The van der Waals surface area contributed by atoms with Crippen molar-refractivity contribution in [3.8, 4) is 0 Å². The van der Waals surface area contributed by atoms with Crippen molar-refractivity contribution < 1.29 is 26.3 Å². The van der Waals surface area contributed by atoms with E-state index in [4.69, 9.17) is 4.74 Å². The van der Waals surface area contributed by atoms with Crippen LogP contribution in [0.15, 0.2) is 0 Å². The average Bonchev–Trinajstić information content (AvgIpc) is 2.91. The molecule has 2 saturated heterocycles. The lowest BCUT2D eigenvalue weighted by atomic mass is 9.91. The largest absolute Gasteiger partial charge is 0.401 e. The second-order valence-corrected chi connectivity index (χ2v) is 8.16. The fraction of sp³-hybridized carbons (Fsp3) is 1.00. The van der Waals surface area contributed by atoms with Crippen molar-refractivity contribution in [3.05, 3.63) is 0 Å². The lowest BCUT2D eigenvalue weighted by Crippen LogP contribution is -2.47. The SMILES string of the molecule is C[C@@H](NS(=O)(=O)[C@H]1CCOC1)C1CCN(CC(F)(F)F)CC1. The van der Waals surface area contributed by atoms with Crippen LogP contribution in [0.5, 0.6) is 0 Å². The van der Waals surface area contributed by atoms with Crippen LogP contribution in [0.3, 0.4) is 0 Å². The number of halogens is 3. The first kappa shape index (κ1) is 18.0. The number of hydrogen-bond acceptors (Lipinski definition) is 4. The van der Waals surface area contributed by atoms with Crippen molar-refractivity contribution in [1.29, 1.82) is 0 Å². The molecule has 2 rings (SSSR count). The molecule has 2 fully saturated rings. The fourth-order valence-corrected chi connectivity index (χ4v) is 4.66. The van der Waals surface area contributed by atoms with E-state index in [2.05, 4.69) is 4.72 Å². The Morgan fingerprint density at radius 3 is 2.41 bits per heavy atom. The van der Waals surface area contributed by atoms with Gasteiger partial charge < -0.3 is 4.74 Å². The molecule has 2 aliphatic rings. The van der Waals surface area contributed by atoms with Gasteiger partial charge in [-0.25, -0.2) is 13.1 Å². The molecule has 1 N–H and O–H groups in total. The predicted octanol–water partition coefficient (Wildman–Crippen LogP) is 1.36. The lowest BCUT2D eigenvalue weighted by molar-refractivity contribution is -0.148. The highest BCUT2D eigenvalue weighted by molar-refractivity contribution is 7.90. The highest BCUT2D eigenvalue weighted by atomic mass is 32.2. The molecular formula is C13H23F3N2O3S. The van der Waals surface area contributed by atoms with Crippen molar-refractivity contribution in [2.75, 3.05) is 32.8 Å². The first-order valence-corrected chi connectivity index (χ1v) is 9.10. The maximum atomic E-state index is 12.3. The molecule has 0 bridgehead atoms. The standard InChI is InChI=1S/C13H23F3N2O3S/c1-10(17-22(19,20)12-4-7-21-8-12)11-2-5-18(6-3-11)9-13(14,15)16/h10-12,17H,2-9H2,1H3/t10-,12+/m1/s1. The molecule has 130 valence electrons. The summed E-state index contributed by atoms with van der Waals surface area (Å²) in [6, 6.07) is -0.265. The van der Waals surface area contributed by atoms with Crippen LogP contribution >= 0.6 is 0 Å². The van der Waals surface area contributed by atoms with Crippen LogP contribution in [0.2, 0.25) is 0 Å². The van der Waals surface area contributed by atoms with Gasteiger partial charge in [0.25, 0.3) is 0 Å². The van der Waals surface area contributed by atoms with Gasteiger partial charge in [0.2, 0.25) is 10.0 Å². The number of likely N-dealkylation sites (tertiary alicyclic amines) is 1. The molecule has 0 spiro atoms. The molecule has 2 heterocycles. The van der Waals surface area contributed by atoms with Crippen molar-refractivity contribution in [2.45, 2.75) is 43.7 Å². The zero-order valence-electron chi connectivity index (χ0n) is 12.6.